The lowest BCUT2D eigenvalue weighted by molar-refractivity contribution is 0.0734. The Kier molecular flexibility index (Phi) is 5.91. The zero-order chi connectivity index (χ0) is 20.8. The molecular weight excluding hydrogens is 401 g/mol. The first-order valence-electron chi connectivity index (χ1n) is 9.05. The van der Waals surface area contributed by atoms with Gasteiger partial charge in [-0.3, -0.25) is 5.43 Å². The third kappa shape index (κ3) is 4.95. The van der Waals surface area contributed by atoms with Gasteiger partial charge in [0.1, 0.15) is 11.6 Å². The van der Waals surface area contributed by atoms with Gasteiger partial charge in [0, 0.05) is 10.9 Å². The van der Waals surface area contributed by atoms with Crippen LogP contribution >= 0.6 is 11.3 Å². The first-order valence-corrected chi connectivity index (χ1v) is 9.93. The number of rotatable bonds is 6. The summed E-state index contributed by atoms with van der Waals surface area (Å²) < 4.78 is 18.2. The first kappa shape index (κ1) is 19.5. The van der Waals surface area contributed by atoms with E-state index in [4.69, 9.17) is 4.74 Å². The molecule has 0 unspecified atom stereocenters. The van der Waals surface area contributed by atoms with Crippen LogP contribution in [0.1, 0.15) is 15.9 Å². The van der Waals surface area contributed by atoms with E-state index in [0.717, 1.165) is 16.8 Å². The number of anilines is 1. The summed E-state index contributed by atoms with van der Waals surface area (Å²) in [5, 5.41) is 6.85. The molecule has 148 valence electrons. The quantitative estimate of drug-likeness (QED) is 0.192. The summed E-state index contributed by atoms with van der Waals surface area (Å²) in [6, 6.07) is 22.0. The SMILES string of the molecule is O=C(Oc1ccc(C=NNc2nc(-c3ccccc3)cs2)cc1)c1ccc(F)cc1. The molecular formula is C23H16FN3O2S. The molecule has 4 rings (SSSR count). The molecule has 30 heavy (non-hydrogen) atoms. The fourth-order valence-electron chi connectivity index (χ4n) is 2.60. The number of thiazole rings is 1. The Balaban J connectivity index is 1.33. The van der Waals surface area contributed by atoms with Crippen molar-refractivity contribution in [1.82, 2.24) is 4.98 Å². The number of hydrogen-bond donors (Lipinski definition) is 1. The van der Waals surface area contributed by atoms with Gasteiger partial charge >= 0.3 is 5.97 Å². The molecule has 1 N–H and O–H groups in total. The number of ether oxygens (including phenoxy) is 1. The number of hydrazone groups is 1. The van der Waals surface area contributed by atoms with Crippen LogP contribution in [-0.4, -0.2) is 17.2 Å². The molecule has 1 aromatic heterocycles. The van der Waals surface area contributed by atoms with Crippen molar-refractivity contribution in [3.8, 4) is 17.0 Å². The number of nitrogens with one attached hydrogen (secondary N) is 1. The summed E-state index contributed by atoms with van der Waals surface area (Å²) in [6.07, 6.45) is 1.65. The molecule has 0 fully saturated rings. The normalized spacial score (nSPS) is 10.8. The molecule has 0 aliphatic rings. The number of hydrogen-bond acceptors (Lipinski definition) is 6. The van der Waals surface area contributed by atoms with Gasteiger partial charge in [-0.25, -0.2) is 14.2 Å². The van der Waals surface area contributed by atoms with Gasteiger partial charge in [0.25, 0.3) is 0 Å². The van der Waals surface area contributed by atoms with Crippen molar-refractivity contribution >= 4 is 28.7 Å². The fourth-order valence-corrected chi connectivity index (χ4v) is 3.27. The average Bonchev–Trinajstić information content (AvgIpc) is 3.25. The van der Waals surface area contributed by atoms with E-state index >= 15 is 0 Å². The maximum absolute atomic E-state index is 12.9. The summed E-state index contributed by atoms with van der Waals surface area (Å²) >= 11 is 1.47. The lowest BCUT2D eigenvalue weighted by Crippen LogP contribution is -2.08. The predicted molar refractivity (Wildman–Crippen MR) is 117 cm³/mol. The van der Waals surface area contributed by atoms with E-state index in [0.29, 0.717) is 10.9 Å². The van der Waals surface area contributed by atoms with Gasteiger partial charge in [-0.2, -0.15) is 5.10 Å². The van der Waals surface area contributed by atoms with Gasteiger partial charge < -0.3 is 4.74 Å². The number of benzene rings is 3. The summed E-state index contributed by atoms with van der Waals surface area (Å²) in [5.74, 6) is -0.559. The fraction of sp³-hybridized carbons (Fsp3) is 0. The van der Waals surface area contributed by atoms with Crippen LogP contribution in [-0.2, 0) is 0 Å². The zero-order valence-electron chi connectivity index (χ0n) is 15.7. The number of carbonyl (C=O) groups is 1. The highest BCUT2D eigenvalue weighted by molar-refractivity contribution is 7.14. The minimum Gasteiger partial charge on any atom is -0.423 e. The molecule has 0 saturated heterocycles. The number of aromatic nitrogens is 1. The molecule has 0 atom stereocenters. The Labute approximate surface area is 176 Å². The van der Waals surface area contributed by atoms with Gasteiger partial charge in [0.15, 0.2) is 0 Å². The van der Waals surface area contributed by atoms with Gasteiger partial charge in [0.05, 0.1) is 17.5 Å². The van der Waals surface area contributed by atoms with Crippen LogP contribution in [0.2, 0.25) is 0 Å². The minimum absolute atomic E-state index is 0.282. The van der Waals surface area contributed by atoms with Crippen LogP contribution in [0.25, 0.3) is 11.3 Å². The van der Waals surface area contributed by atoms with Crippen molar-refractivity contribution in [3.63, 3.8) is 0 Å². The Hall–Kier alpha value is -3.84. The maximum Gasteiger partial charge on any atom is 0.343 e. The van der Waals surface area contributed by atoms with Crippen LogP contribution in [0.5, 0.6) is 5.75 Å². The third-order valence-corrected chi connectivity index (χ3v) is 4.87. The minimum atomic E-state index is -0.545. The van der Waals surface area contributed by atoms with E-state index in [1.807, 2.05) is 35.7 Å². The van der Waals surface area contributed by atoms with Crippen molar-refractivity contribution in [1.29, 1.82) is 0 Å². The molecule has 7 heteroatoms. The topological polar surface area (TPSA) is 63.6 Å². The predicted octanol–water partition coefficient (Wildman–Crippen LogP) is 5.61. The highest BCUT2D eigenvalue weighted by atomic mass is 32.1. The lowest BCUT2D eigenvalue weighted by Gasteiger charge is -2.04. The highest BCUT2D eigenvalue weighted by Gasteiger charge is 2.08. The molecule has 3 aromatic carbocycles. The van der Waals surface area contributed by atoms with E-state index in [1.54, 1.807) is 30.5 Å². The molecule has 5 nitrogen and oxygen atoms in total. The van der Waals surface area contributed by atoms with Gasteiger partial charge in [-0.05, 0) is 54.1 Å². The smallest absolute Gasteiger partial charge is 0.343 e. The molecule has 4 aromatic rings. The molecule has 0 spiro atoms. The Morgan fingerprint density at radius 3 is 2.47 bits per heavy atom. The first-order chi connectivity index (χ1) is 14.7. The number of carbonyl (C=O) groups excluding carboxylic acids is 1. The lowest BCUT2D eigenvalue weighted by atomic mass is 10.2. The largest absolute Gasteiger partial charge is 0.423 e. The molecule has 0 saturated carbocycles. The van der Waals surface area contributed by atoms with Crippen molar-refractivity contribution in [2.45, 2.75) is 0 Å². The van der Waals surface area contributed by atoms with Gasteiger partial charge in [-0.15, -0.1) is 11.3 Å². The highest BCUT2D eigenvalue weighted by Crippen LogP contribution is 2.24. The second kappa shape index (κ2) is 9.11. The van der Waals surface area contributed by atoms with Crippen molar-refractivity contribution in [2.75, 3.05) is 5.43 Å². The third-order valence-electron chi connectivity index (χ3n) is 4.12. The Morgan fingerprint density at radius 2 is 1.73 bits per heavy atom. The summed E-state index contributed by atoms with van der Waals surface area (Å²) in [7, 11) is 0. The maximum atomic E-state index is 12.9. The number of esters is 1. The molecule has 1 heterocycles. The summed E-state index contributed by atoms with van der Waals surface area (Å²) in [6.45, 7) is 0. The van der Waals surface area contributed by atoms with E-state index in [9.17, 15) is 9.18 Å². The standard InChI is InChI=1S/C23H16FN3O2S/c24-19-10-8-18(9-11-19)22(28)29-20-12-6-16(7-13-20)14-25-27-23-26-21(15-30-23)17-4-2-1-3-5-17/h1-15H,(H,26,27). The molecule has 0 aliphatic heterocycles. The Morgan fingerprint density at radius 1 is 1.00 bits per heavy atom. The van der Waals surface area contributed by atoms with Crippen LogP contribution in [0.4, 0.5) is 9.52 Å². The van der Waals surface area contributed by atoms with E-state index in [-0.39, 0.29) is 5.56 Å². The second-order valence-electron chi connectivity index (χ2n) is 6.24. The van der Waals surface area contributed by atoms with Crippen molar-refractivity contribution < 1.29 is 13.9 Å². The van der Waals surface area contributed by atoms with Crippen LogP contribution in [0.15, 0.2) is 89.3 Å². The van der Waals surface area contributed by atoms with E-state index in [2.05, 4.69) is 15.5 Å². The van der Waals surface area contributed by atoms with Crippen LogP contribution in [0.3, 0.4) is 0 Å². The summed E-state index contributed by atoms with van der Waals surface area (Å²) in [5.41, 5.74) is 5.97. The monoisotopic (exact) mass is 417 g/mol. The van der Waals surface area contributed by atoms with Gasteiger partial charge in [0.2, 0.25) is 5.13 Å². The number of halogens is 1. The van der Waals surface area contributed by atoms with Gasteiger partial charge in [-0.1, -0.05) is 30.3 Å². The Bertz CT molecular complexity index is 1160. The van der Waals surface area contributed by atoms with Crippen LogP contribution < -0.4 is 10.2 Å². The number of nitrogens with zero attached hydrogens (tertiary/aromatic N) is 2. The molecule has 0 aliphatic carbocycles. The van der Waals surface area contributed by atoms with E-state index in [1.165, 1.54) is 35.6 Å². The molecule has 0 amide bonds. The van der Waals surface area contributed by atoms with E-state index < -0.39 is 11.8 Å². The molecule has 0 radical (unpaired) electrons. The van der Waals surface area contributed by atoms with Crippen molar-refractivity contribution in [2.24, 2.45) is 5.10 Å². The second-order valence-corrected chi connectivity index (χ2v) is 7.10. The average molecular weight is 417 g/mol. The zero-order valence-corrected chi connectivity index (χ0v) is 16.5. The summed E-state index contributed by atoms with van der Waals surface area (Å²) in [4.78, 5) is 16.6. The van der Waals surface area contributed by atoms with Crippen LogP contribution in [0, 0.1) is 5.82 Å². The molecule has 0 bridgehead atoms. The van der Waals surface area contributed by atoms with Crippen molar-refractivity contribution in [3.05, 3.63) is 101 Å².